The highest BCUT2D eigenvalue weighted by molar-refractivity contribution is 7.88. The van der Waals surface area contributed by atoms with E-state index in [2.05, 4.69) is 9.62 Å². The second-order valence-electron chi connectivity index (χ2n) is 5.88. The van der Waals surface area contributed by atoms with Gasteiger partial charge in [-0.3, -0.25) is 4.90 Å². The average Bonchev–Trinajstić information content (AvgIpc) is 2.93. The van der Waals surface area contributed by atoms with Crippen molar-refractivity contribution in [1.82, 2.24) is 9.62 Å². The third kappa shape index (κ3) is 3.09. The van der Waals surface area contributed by atoms with Gasteiger partial charge in [-0.25, -0.2) is 21.9 Å². The lowest BCUT2D eigenvalue weighted by molar-refractivity contribution is 0.240. The van der Waals surface area contributed by atoms with Gasteiger partial charge in [-0.2, -0.15) is 0 Å². The molecule has 0 unspecified atom stereocenters. The zero-order valence-electron chi connectivity index (χ0n) is 11.8. The number of sulfonamides is 1. The predicted octanol–water partition coefficient (Wildman–Crippen LogP) is 1.58. The van der Waals surface area contributed by atoms with Gasteiger partial charge in [-0.15, -0.1) is 0 Å². The van der Waals surface area contributed by atoms with Crippen LogP contribution in [0.4, 0.5) is 8.78 Å². The highest BCUT2D eigenvalue weighted by atomic mass is 32.2. The van der Waals surface area contributed by atoms with Crippen LogP contribution in [-0.2, 0) is 16.4 Å². The van der Waals surface area contributed by atoms with E-state index < -0.39 is 21.7 Å². The molecule has 0 aromatic heterocycles. The third-order valence-electron chi connectivity index (χ3n) is 4.26. The summed E-state index contributed by atoms with van der Waals surface area (Å²) in [5.74, 6) is -1.03. The number of hydrogen-bond donors (Lipinski definition) is 1. The standard InChI is InChI=1S/C14H18F2N2O2S/c1-21(19,20)17-10-4-5-18(8-10)14-3-2-11-12(14)6-9(15)7-13(11)16/h6-7,10,14,17H,2-5,8H2,1H3/t10-,14-/m0/s1. The van der Waals surface area contributed by atoms with Gasteiger partial charge < -0.3 is 0 Å². The third-order valence-corrected chi connectivity index (χ3v) is 5.02. The molecule has 1 N–H and O–H groups in total. The molecule has 3 rings (SSSR count). The molecule has 2 atom stereocenters. The summed E-state index contributed by atoms with van der Waals surface area (Å²) in [5, 5.41) is 0. The number of hydrogen-bond acceptors (Lipinski definition) is 3. The second kappa shape index (κ2) is 5.30. The van der Waals surface area contributed by atoms with Crippen molar-refractivity contribution in [1.29, 1.82) is 0 Å². The van der Waals surface area contributed by atoms with Crippen molar-refractivity contribution in [2.24, 2.45) is 0 Å². The van der Waals surface area contributed by atoms with Crippen LogP contribution in [-0.4, -0.2) is 38.7 Å². The Morgan fingerprint density at radius 1 is 1.29 bits per heavy atom. The van der Waals surface area contributed by atoms with Crippen molar-refractivity contribution < 1.29 is 17.2 Å². The number of nitrogens with one attached hydrogen (secondary N) is 1. The Kier molecular flexibility index (Phi) is 3.75. The summed E-state index contributed by atoms with van der Waals surface area (Å²) in [4.78, 5) is 2.12. The van der Waals surface area contributed by atoms with Crippen molar-refractivity contribution in [2.45, 2.75) is 31.3 Å². The molecule has 1 heterocycles. The van der Waals surface area contributed by atoms with Gasteiger partial charge in [0.25, 0.3) is 0 Å². The lowest BCUT2D eigenvalue weighted by Gasteiger charge is -2.25. The zero-order chi connectivity index (χ0) is 15.2. The molecule has 0 spiro atoms. The summed E-state index contributed by atoms with van der Waals surface area (Å²) < 4.78 is 52.3. The van der Waals surface area contributed by atoms with Gasteiger partial charge in [0.15, 0.2) is 0 Å². The fourth-order valence-corrected chi connectivity index (χ4v) is 4.27. The molecule has 2 aliphatic rings. The van der Waals surface area contributed by atoms with Crippen molar-refractivity contribution in [3.63, 3.8) is 0 Å². The molecular weight excluding hydrogens is 298 g/mol. The van der Waals surface area contributed by atoms with E-state index in [1.807, 2.05) is 0 Å². The van der Waals surface area contributed by atoms with E-state index >= 15 is 0 Å². The monoisotopic (exact) mass is 316 g/mol. The maximum atomic E-state index is 13.8. The lowest BCUT2D eigenvalue weighted by atomic mass is 10.1. The molecule has 0 bridgehead atoms. The second-order valence-corrected chi connectivity index (χ2v) is 7.66. The molecule has 0 saturated carbocycles. The van der Waals surface area contributed by atoms with E-state index in [4.69, 9.17) is 0 Å². The van der Waals surface area contributed by atoms with Crippen LogP contribution >= 0.6 is 0 Å². The van der Waals surface area contributed by atoms with Gasteiger partial charge in [0.05, 0.1) is 6.26 Å². The lowest BCUT2D eigenvalue weighted by Crippen LogP contribution is -2.36. The minimum atomic E-state index is -3.23. The Bertz CT molecular complexity index is 663. The Balaban J connectivity index is 1.77. The van der Waals surface area contributed by atoms with Gasteiger partial charge in [0.1, 0.15) is 11.6 Å². The van der Waals surface area contributed by atoms with E-state index in [-0.39, 0.29) is 12.1 Å². The van der Waals surface area contributed by atoms with Crippen LogP contribution in [0.5, 0.6) is 0 Å². The van der Waals surface area contributed by atoms with Crippen LogP contribution in [0.1, 0.15) is 30.0 Å². The Morgan fingerprint density at radius 2 is 2.05 bits per heavy atom. The number of nitrogens with zero attached hydrogens (tertiary/aromatic N) is 1. The van der Waals surface area contributed by atoms with E-state index in [0.29, 0.717) is 24.1 Å². The maximum absolute atomic E-state index is 13.8. The summed E-state index contributed by atoms with van der Waals surface area (Å²) in [7, 11) is -3.23. The predicted molar refractivity (Wildman–Crippen MR) is 75.4 cm³/mol. The first-order chi connectivity index (χ1) is 9.83. The van der Waals surface area contributed by atoms with Crippen LogP contribution in [0, 0.1) is 11.6 Å². The molecule has 4 nitrogen and oxygen atoms in total. The van der Waals surface area contributed by atoms with Crippen LogP contribution in [0.15, 0.2) is 12.1 Å². The number of benzene rings is 1. The summed E-state index contributed by atoms with van der Waals surface area (Å²) in [6, 6.07) is 2.20. The topological polar surface area (TPSA) is 49.4 Å². The molecule has 1 aliphatic heterocycles. The SMILES string of the molecule is CS(=O)(=O)N[C@H]1CCN([C@H]2CCc3c(F)cc(F)cc32)C1. The van der Waals surface area contributed by atoms with Gasteiger partial charge in [0, 0.05) is 31.2 Å². The van der Waals surface area contributed by atoms with Crippen LogP contribution < -0.4 is 4.72 Å². The first kappa shape index (κ1) is 14.9. The minimum Gasteiger partial charge on any atom is -0.295 e. The smallest absolute Gasteiger partial charge is 0.208 e. The van der Waals surface area contributed by atoms with Gasteiger partial charge >= 0.3 is 0 Å². The van der Waals surface area contributed by atoms with Crippen molar-refractivity contribution in [3.8, 4) is 0 Å². The molecule has 7 heteroatoms. The van der Waals surface area contributed by atoms with Crippen molar-refractivity contribution in [3.05, 3.63) is 34.9 Å². The normalized spacial score (nSPS) is 26.2. The zero-order valence-corrected chi connectivity index (χ0v) is 12.6. The quantitative estimate of drug-likeness (QED) is 0.921. The Morgan fingerprint density at radius 3 is 2.76 bits per heavy atom. The van der Waals surface area contributed by atoms with E-state index in [9.17, 15) is 17.2 Å². The molecule has 116 valence electrons. The molecule has 1 aromatic rings. The number of fused-ring (bicyclic) bond motifs is 1. The minimum absolute atomic E-state index is 0.0171. The van der Waals surface area contributed by atoms with Crippen molar-refractivity contribution >= 4 is 10.0 Å². The number of likely N-dealkylation sites (tertiary alicyclic amines) is 1. The highest BCUT2D eigenvalue weighted by Crippen LogP contribution is 2.39. The molecule has 1 fully saturated rings. The molecule has 0 amide bonds. The van der Waals surface area contributed by atoms with E-state index in [0.717, 1.165) is 31.7 Å². The van der Waals surface area contributed by atoms with Gasteiger partial charge in [-0.1, -0.05) is 0 Å². The summed E-state index contributed by atoms with van der Waals surface area (Å²) in [6.45, 7) is 1.31. The molecular formula is C14H18F2N2O2S. The van der Waals surface area contributed by atoms with E-state index in [1.54, 1.807) is 0 Å². The first-order valence-corrected chi connectivity index (χ1v) is 8.92. The summed E-state index contributed by atoms with van der Waals surface area (Å²) in [5.41, 5.74) is 1.31. The maximum Gasteiger partial charge on any atom is 0.208 e. The fourth-order valence-electron chi connectivity index (χ4n) is 3.47. The van der Waals surface area contributed by atoms with Crippen LogP contribution in [0.25, 0.3) is 0 Å². The largest absolute Gasteiger partial charge is 0.295 e. The van der Waals surface area contributed by atoms with Gasteiger partial charge in [-0.05, 0) is 36.5 Å². The average molecular weight is 316 g/mol. The van der Waals surface area contributed by atoms with Crippen LogP contribution in [0.2, 0.25) is 0 Å². The Labute approximate surface area is 123 Å². The molecule has 1 aromatic carbocycles. The fraction of sp³-hybridized carbons (Fsp3) is 0.571. The first-order valence-electron chi connectivity index (χ1n) is 7.02. The molecule has 0 radical (unpaired) electrons. The summed E-state index contributed by atoms with van der Waals surface area (Å²) >= 11 is 0. The highest BCUT2D eigenvalue weighted by Gasteiger charge is 2.35. The van der Waals surface area contributed by atoms with E-state index in [1.165, 1.54) is 6.07 Å². The number of rotatable bonds is 3. The molecule has 1 saturated heterocycles. The summed E-state index contributed by atoms with van der Waals surface area (Å²) in [6.07, 6.45) is 3.22. The van der Waals surface area contributed by atoms with Crippen LogP contribution in [0.3, 0.4) is 0 Å². The Hall–Kier alpha value is -1.05. The number of halogens is 2. The van der Waals surface area contributed by atoms with Gasteiger partial charge in [0.2, 0.25) is 10.0 Å². The van der Waals surface area contributed by atoms with Crippen molar-refractivity contribution in [2.75, 3.05) is 19.3 Å². The molecule has 1 aliphatic carbocycles. The molecule has 21 heavy (non-hydrogen) atoms.